The molecular weight excluding hydrogens is 182 g/mol. The minimum Gasteiger partial charge on any atom is -0.398 e. The van der Waals surface area contributed by atoms with E-state index >= 15 is 0 Å². The first-order chi connectivity index (χ1) is 6.50. The molecule has 4 N–H and O–H groups in total. The molecule has 0 amide bonds. The summed E-state index contributed by atoms with van der Waals surface area (Å²) in [6, 6.07) is 4.34. The number of nitrogens with two attached hydrogens (primary N) is 2. The maximum absolute atomic E-state index is 10.5. The number of nitro groups is 1. The van der Waals surface area contributed by atoms with Crippen molar-refractivity contribution in [2.24, 2.45) is 5.73 Å². The largest absolute Gasteiger partial charge is 0.398 e. The number of nitrogens with zero attached hydrogens (tertiary/aromatic N) is 1. The molecule has 0 aliphatic heterocycles. The van der Waals surface area contributed by atoms with Gasteiger partial charge in [0.25, 0.3) is 5.69 Å². The highest BCUT2D eigenvalue weighted by Gasteiger charge is 2.09. The minimum atomic E-state index is -0.440. The molecule has 0 unspecified atom stereocenters. The van der Waals surface area contributed by atoms with E-state index in [0.717, 1.165) is 5.56 Å². The molecule has 14 heavy (non-hydrogen) atoms. The van der Waals surface area contributed by atoms with Gasteiger partial charge in [0.15, 0.2) is 0 Å². The molecule has 1 aromatic carbocycles. The summed E-state index contributed by atoms with van der Waals surface area (Å²) in [4.78, 5) is 10.0. The molecule has 0 bridgehead atoms. The third-order valence-corrected chi connectivity index (χ3v) is 1.88. The van der Waals surface area contributed by atoms with Gasteiger partial charge in [-0.2, -0.15) is 0 Å². The van der Waals surface area contributed by atoms with E-state index in [0.29, 0.717) is 12.1 Å². The normalized spacial score (nSPS) is 12.4. The number of anilines is 1. The number of rotatable bonds is 3. The first-order valence-electron chi connectivity index (χ1n) is 4.29. The van der Waals surface area contributed by atoms with E-state index in [-0.39, 0.29) is 11.7 Å². The lowest BCUT2D eigenvalue weighted by molar-refractivity contribution is -0.384. The van der Waals surface area contributed by atoms with Crippen molar-refractivity contribution in [2.45, 2.75) is 19.4 Å². The topological polar surface area (TPSA) is 95.2 Å². The van der Waals surface area contributed by atoms with Gasteiger partial charge in [0.05, 0.1) is 4.92 Å². The van der Waals surface area contributed by atoms with Crippen LogP contribution >= 0.6 is 0 Å². The Hall–Kier alpha value is -1.62. The van der Waals surface area contributed by atoms with Crippen LogP contribution in [-0.4, -0.2) is 11.0 Å². The van der Waals surface area contributed by atoms with Crippen molar-refractivity contribution in [3.8, 4) is 0 Å². The lowest BCUT2D eigenvalue weighted by atomic mass is 10.1. The average Bonchev–Trinajstić information content (AvgIpc) is 2.07. The summed E-state index contributed by atoms with van der Waals surface area (Å²) in [6.45, 7) is 1.83. The summed E-state index contributed by atoms with van der Waals surface area (Å²) in [5, 5.41) is 10.5. The molecule has 1 rings (SSSR count). The van der Waals surface area contributed by atoms with E-state index in [4.69, 9.17) is 11.5 Å². The third kappa shape index (κ3) is 2.43. The molecule has 0 radical (unpaired) electrons. The van der Waals surface area contributed by atoms with Crippen LogP contribution < -0.4 is 11.5 Å². The highest BCUT2D eigenvalue weighted by Crippen LogP contribution is 2.20. The zero-order chi connectivity index (χ0) is 10.7. The summed E-state index contributed by atoms with van der Waals surface area (Å²) < 4.78 is 0. The molecule has 0 aromatic heterocycles. The molecule has 1 aromatic rings. The predicted molar refractivity (Wildman–Crippen MR) is 54.9 cm³/mol. The first kappa shape index (κ1) is 10.5. The molecule has 1 atom stereocenters. The molecule has 0 spiro atoms. The fourth-order valence-corrected chi connectivity index (χ4v) is 1.23. The van der Waals surface area contributed by atoms with Gasteiger partial charge in [-0.05, 0) is 25.0 Å². The van der Waals surface area contributed by atoms with Crippen LogP contribution in [0.2, 0.25) is 0 Å². The van der Waals surface area contributed by atoms with Crippen molar-refractivity contribution in [1.82, 2.24) is 0 Å². The SMILES string of the molecule is C[C@@H](N)Cc1cc([N+](=O)[O-])ccc1N. The Balaban J connectivity index is 3.02. The summed E-state index contributed by atoms with van der Waals surface area (Å²) in [6.07, 6.45) is 0.549. The van der Waals surface area contributed by atoms with E-state index in [2.05, 4.69) is 0 Å². The average molecular weight is 195 g/mol. The lowest BCUT2D eigenvalue weighted by Gasteiger charge is -2.07. The van der Waals surface area contributed by atoms with Gasteiger partial charge >= 0.3 is 0 Å². The van der Waals surface area contributed by atoms with Gasteiger partial charge in [-0.1, -0.05) is 0 Å². The van der Waals surface area contributed by atoms with Crippen LogP contribution in [0.5, 0.6) is 0 Å². The number of hydrogen-bond donors (Lipinski definition) is 2. The Morgan fingerprint density at radius 3 is 2.71 bits per heavy atom. The smallest absolute Gasteiger partial charge is 0.269 e. The van der Waals surface area contributed by atoms with Crippen LogP contribution in [0.15, 0.2) is 18.2 Å². The Kier molecular flexibility index (Phi) is 3.03. The third-order valence-electron chi connectivity index (χ3n) is 1.88. The van der Waals surface area contributed by atoms with Crippen LogP contribution in [0.4, 0.5) is 11.4 Å². The molecule has 5 heteroatoms. The van der Waals surface area contributed by atoms with E-state index in [9.17, 15) is 10.1 Å². The Morgan fingerprint density at radius 2 is 2.21 bits per heavy atom. The Morgan fingerprint density at radius 1 is 1.57 bits per heavy atom. The monoisotopic (exact) mass is 195 g/mol. The molecule has 0 saturated carbocycles. The van der Waals surface area contributed by atoms with E-state index in [1.165, 1.54) is 18.2 Å². The van der Waals surface area contributed by atoms with Crippen LogP contribution in [-0.2, 0) is 6.42 Å². The molecule has 5 nitrogen and oxygen atoms in total. The van der Waals surface area contributed by atoms with Crippen molar-refractivity contribution in [2.75, 3.05) is 5.73 Å². The van der Waals surface area contributed by atoms with Gasteiger partial charge in [0.2, 0.25) is 0 Å². The van der Waals surface area contributed by atoms with Crippen molar-refractivity contribution in [3.63, 3.8) is 0 Å². The van der Waals surface area contributed by atoms with Crippen LogP contribution in [0, 0.1) is 10.1 Å². The van der Waals surface area contributed by atoms with Crippen molar-refractivity contribution < 1.29 is 4.92 Å². The second-order valence-electron chi connectivity index (χ2n) is 3.32. The Bertz CT molecular complexity index is 350. The van der Waals surface area contributed by atoms with Crippen LogP contribution in [0.25, 0.3) is 0 Å². The zero-order valence-electron chi connectivity index (χ0n) is 7.93. The highest BCUT2D eigenvalue weighted by atomic mass is 16.6. The van der Waals surface area contributed by atoms with Gasteiger partial charge in [0, 0.05) is 23.9 Å². The van der Waals surface area contributed by atoms with Crippen LogP contribution in [0.3, 0.4) is 0 Å². The highest BCUT2D eigenvalue weighted by molar-refractivity contribution is 5.52. The van der Waals surface area contributed by atoms with Crippen molar-refractivity contribution >= 4 is 11.4 Å². The molecule has 0 aliphatic carbocycles. The number of benzene rings is 1. The summed E-state index contributed by atoms with van der Waals surface area (Å²) in [5.74, 6) is 0. The Labute approximate surface area is 81.9 Å². The van der Waals surface area contributed by atoms with E-state index in [1.54, 1.807) is 0 Å². The zero-order valence-corrected chi connectivity index (χ0v) is 7.93. The summed E-state index contributed by atoms with van der Waals surface area (Å²) in [7, 11) is 0. The molecule has 76 valence electrons. The number of hydrogen-bond acceptors (Lipinski definition) is 4. The molecule has 0 fully saturated rings. The van der Waals surface area contributed by atoms with Gasteiger partial charge in [-0.3, -0.25) is 10.1 Å². The predicted octanol–water partition coefficient (Wildman–Crippen LogP) is 1.07. The van der Waals surface area contributed by atoms with Gasteiger partial charge < -0.3 is 11.5 Å². The number of nitrogen functional groups attached to an aromatic ring is 1. The van der Waals surface area contributed by atoms with Gasteiger partial charge in [-0.25, -0.2) is 0 Å². The lowest BCUT2D eigenvalue weighted by Crippen LogP contribution is -2.18. The van der Waals surface area contributed by atoms with Gasteiger partial charge in [-0.15, -0.1) is 0 Å². The fourth-order valence-electron chi connectivity index (χ4n) is 1.23. The number of non-ortho nitro benzene ring substituents is 1. The minimum absolute atomic E-state index is 0.0508. The number of nitro benzene ring substituents is 1. The second-order valence-corrected chi connectivity index (χ2v) is 3.32. The fraction of sp³-hybridized carbons (Fsp3) is 0.333. The standard InChI is InChI=1S/C9H13N3O2/c1-6(10)4-7-5-8(12(13)14)2-3-9(7)11/h2-3,5-6H,4,10-11H2,1H3/t6-/m1/s1. The molecule has 0 heterocycles. The maximum Gasteiger partial charge on any atom is 0.269 e. The molecular formula is C9H13N3O2. The first-order valence-corrected chi connectivity index (χ1v) is 4.29. The van der Waals surface area contributed by atoms with E-state index < -0.39 is 4.92 Å². The van der Waals surface area contributed by atoms with Crippen molar-refractivity contribution in [3.05, 3.63) is 33.9 Å². The quantitative estimate of drug-likeness (QED) is 0.428. The van der Waals surface area contributed by atoms with E-state index in [1.807, 2.05) is 6.92 Å². The molecule has 0 saturated heterocycles. The maximum atomic E-state index is 10.5. The molecule has 0 aliphatic rings. The van der Waals surface area contributed by atoms with Gasteiger partial charge in [0.1, 0.15) is 0 Å². The van der Waals surface area contributed by atoms with Crippen LogP contribution in [0.1, 0.15) is 12.5 Å². The van der Waals surface area contributed by atoms with Crippen molar-refractivity contribution in [1.29, 1.82) is 0 Å². The summed E-state index contributed by atoms with van der Waals surface area (Å²) >= 11 is 0. The summed E-state index contributed by atoms with van der Waals surface area (Å²) in [5.41, 5.74) is 12.6. The second kappa shape index (κ2) is 4.06.